The Morgan fingerprint density at radius 2 is 1.86 bits per heavy atom. The van der Waals surface area contributed by atoms with Crippen LogP contribution in [0, 0.1) is 0 Å². The monoisotopic (exact) mass is 522 g/mol. The van der Waals surface area contributed by atoms with Crippen LogP contribution in [0.5, 0.6) is 0 Å². The molecule has 5 nitrogen and oxygen atoms in total. The first kappa shape index (κ1) is 25.2. The van der Waals surface area contributed by atoms with Crippen LogP contribution in [-0.2, 0) is 6.54 Å². The van der Waals surface area contributed by atoms with Crippen LogP contribution in [-0.4, -0.2) is 39.6 Å². The highest BCUT2D eigenvalue weighted by atomic mass is 35.5. The molecule has 36 heavy (non-hydrogen) atoms. The van der Waals surface area contributed by atoms with Crippen LogP contribution in [0.2, 0.25) is 5.02 Å². The van der Waals surface area contributed by atoms with E-state index in [9.17, 15) is 4.79 Å². The smallest absolute Gasteiger partial charge is 0.317 e. The van der Waals surface area contributed by atoms with E-state index in [4.69, 9.17) is 16.7 Å². The first-order valence-corrected chi connectivity index (χ1v) is 14.4. The summed E-state index contributed by atoms with van der Waals surface area (Å²) in [5, 5.41) is 8.88. The van der Waals surface area contributed by atoms with Crippen molar-refractivity contribution in [1.29, 1.82) is 0 Å². The molecule has 2 amide bonds. The summed E-state index contributed by atoms with van der Waals surface area (Å²) >= 11 is 8.21. The molecule has 3 aromatic rings. The molecule has 1 saturated heterocycles. The summed E-state index contributed by atoms with van der Waals surface area (Å²) in [6.07, 6.45) is 2.45. The van der Waals surface area contributed by atoms with E-state index in [1.54, 1.807) is 0 Å². The third kappa shape index (κ3) is 5.60. The van der Waals surface area contributed by atoms with Crippen LogP contribution in [0.15, 0.2) is 59.5 Å². The van der Waals surface area contributed by atoms with Gasteiger partial charge in [-0.2, -0.15) is 5.10 Å². The summed E-state index contributed by atoms with van der Waals surface area (Å²) in [5.74, 6) is 1.98. The number of halogens is 1. The molecule has 1 aliphatic carbocycles. The number of hydrogen-bond acceptors (Lipinski definition) is 3. The van der Waals surface area contributed by atoms with E-state index in [2.05, 4.69) is 67.2 Å². The Bertz CT molecular complexity index is 1200. The Balaban J connectivity index is 1.36. The van der Waals surface area contributed by atoms with E-state index in [1.165, 1.54) is 34.7 Å². The molecule has 190 valence electrons. The molecular weight excluding hydrogens is 488 g/mol. The van der Waals surface area contributed by atoms with Gasteiger partial charge in [-0.25, -0.2) is 4.79 Å². The van der Waals surface area contributed by atoms with Crippen LogP contribution in [0.1, 0.15) is 79.9 Å². The normalized spacial score (nSPS) is 19.8. The van der Waals surface area contributed by atoms with Gasteiger partial charge in [0, 0.05) is 59.0 Å². The van der Waals surface area contributed by atoms with Crippen molar-refractivity contribution < 1.29 is 4.79 Å². The van der Waals surface area contributed by atoms with Crippen molar-refractivity contribution in [3.05, 3.63) is 82.1 Å². The lowest BCUT2D eigenvalue weighted by molar-refractivity contribution is 0.207. The lowest BCUT2D eigenvalue weighted by atomic mass is 9.86. The minimum Gasteiger partial charge on any atom is -0.334 e. The number of aromatic nitrogens is 2. The fourth-order valence-corrected chi connectivity index (χ4v) is 6.06. The zero-order chi connectivity index (χ0) is 25.2. The Labute approximate surface area is 223 Å². The molecule has 2 heterocycles. The van der Waals surface area contributed by atoms with Gasteiger partial charge in [-0.15, -0.1) is 11.8 Å². The van der Waals surface area contributed by atoms with Gasteiger partial charge >= 0.3 is 6.03 Å². The van der Waals surface area contributed by atoms with E-state index < -0.39 is 0 Å². The van der Waals surface area contributed by atoms with Crippen molar-refractivity contribution >= 4 is 29.4 Å². The summed E-state index contributed by atoms with van der Waals surface area (Å²) in [5.41, 5.74) is 4.72. The highest BCUT2D eigenvalue weighted by Crippen LogP contribution is 2.44. The predicted octanol–water partition coefficient (Wildman–Crippen LogP) is 7.20. The maximum atomic E-state index is 13.3. The second kappa shape index (κ2) is 10.9. The highest BCUT2D eigenvalue weighted by Gasteiger charge is 2.40. The van der Waals surface area contributed by atoms with Crippen molar-refractivity contribution in [2.24, 2.45) is 0 Å². The average Bonchev–Trinajstić information content (AvgIpc) is 3.46. The molecule has 1 N–H and O–H groups in total. The molecule has 1 aliphatic heterocycles. The van der Waals surface area contributed by atoms with Crippen LogP contribution in [0.3, 0.4) is 0 Å². The first-order chi connectivity index (χ1) is 17.4. The molecule has 5 rings (SSSR count). The van der Waals surface area contributed by atoms with Gasteiger partial charge < -0.3 is 10.2 Å². The van der Waals surface area contributed by atoms with E-state index >= 15 is 0 Å². The van der Waals surface area contributed by atoms with Crippen LogP contribution < -0.4 is 5.32 Å². The van der Waals surface area contributed by atoms with Crippen molar-refractivity contribution in [1.82, 2.24) is 20.0 Å². The van der Waals surface area contributed by atoms with E-state index in [1.807, 2.05) is 34.9 Å². The standard InChI is InChI=1S/C29H35ClN4OS/c1-4-36-24-12-8-20(9-13-24)16-31-29(35)33-17-25(22-6-5-7-23(30)14-22)26(18-33)28-15-27(21-10-11-21)32-34(28)19(2)3/h5-9,12-15,19,21,25-26H,4,10-11,16-18H2,1-3H3,(H,31,35). The maximum absolute atomic E-state index is 13.3. The second-order valence-electron chi connectivity index (χ2n) is 10.2. The van der Waals surface area contributed by atoms with E-state index in [0.29, 0.717) is 25.6 Å². The molecule has 2 atom stereocenters. The largest absolute Gasteiger partial charge is 0.334 e. The number of thioether (sulfide) groups is 1. The van der Waals surface area contributed by atoms with Gasteiger partial charge in [-0.3, -0.25) is 4.68 Å². The fraction of sp³-hybridized carbons (Fsp3) is 0.448. The van der Waals surface area contributed by atoms with Gasteiger partial charge in [0.2, 0.25) is 0 Å². The Morgan fingerprint density at radius 1 is 1.11 bits per heavy atom. The number of carbonyl (C=O) groups excluding carboxylic acids is 1. The third-order valence-corrected chi connectivity index (χ3v) is 8.34. The quantitative estimate of drug-likeness (QED) is 0.318. The van der Waals surface area contributed by atoms with Crippen LogP contribution in [0.25, 0.3) is 0 Å². The maximum Gasteiger partial charge on any atom is 0.317 e. The zero-order valence-corrected chi connectivity index (χ0v) is 22.9. The summed E-state index contributed by atoms with van der Waals surface area (Å²) < 4.78 is 2.19. The zero-order valence-electron chi connectivity index (χ0n) is 21.3. The molecule has 0 bridgehead atoms. The summed E-state index contributed by atoms with van der Waals surface area (Å²) in [7, 11) is 0. The second-order valence-corrected chi connectivity index (χ2v) is 12.0. The fourth-order valence-electron chi connectivity index (χ4n) is 5.20. The van der Waals surface area contributed by atoms with Crippen molar-refractivity contribution in [3.8, 4) is 0 Å². The molecule has 2 aromatic carbocycles. The molecule has 1 aromatic heterocycles. The summed E-state index contributed by atoms with van der Waals surface area (Å²) in [4.78, 5) is 16.5. The lowest BCUT2D eigenvalue weighted by Gasteiger charge is -2.21. The Hall–Kier alpha value is -2.44. The molecular formula is C29H35ClN4OS. The first-order valence-electron chi connectivity index (χ1n) is 13.0. The Kier molecular flexibility index (Phi) is 7.63. The van der Waals surface area contributed by atoms with Gasteiger partial charge in [0.1, 0.15) is 0 Å². The predicted molar refractivity (Wildman–Crippen MR) is 148 cm³/mol. The molecule has 0 spiro atoms. The van der Waals surface area contributed by atoms with E-state index in [-0.39, 0.29) is 23.9 Å². The SMILES string of the molecule is CCSc1ccc(CNC(=O)N2CC(c3cccc(Cl)c3)C(c3cc(C4CC4)nn3C(C)C)C2)cc1. The number of urea groups is 1. The number of benzene rings is 2. The molecule has 2 fully saturated rings. The van der Waals surface area contributed by atoms with Gasteiger partial charge in [0.25, 0.3) is 0 Å². The number of amides is 2. The van der Waals surface area contributed by atoms with Crippen LogP contribution >= 0.6 is 23.4 Å². The van der Waals surface area contributed by atoms with Crippen molar-refractivity contribution in [2.75, 3.05) is 18.8 Å². The topological polar surface area (TPSA) is 50.2 Å². The molecule has 1 saturated carbocycles. The number of nitrogens with one attached hydrogen (secondary N) is 1. The van der Waals surface area contributed by atoms with Gasteiger partial charge in [-0.1, -0.05) is 42.8 Å². The number of nitrogens with zero attached hydrogens (tertiary/aromatic N) is 3. The van der Waals surface area contributed by atoms with Gasteiger partial charge in [0.15, 0.2) is 0 Å². The van der Waals surface area contributed by atoms with Crippen molar-refractivity contribution in [2.45, 2.75) is 68.8 Å². The Morgan fingerprint density at radius 3 is 2.53 bits per heavy atom. The van der Waals surface area contributed by atoms with Gasteiger partial charge in [0.05, 0.1) is 5.69 Å². The summed E-state index contributed by atoms with van der Waals surface area (Å²) in [6, 6.07) is 19.1. The van der Waals surface area contributed by atoms with E-state index in [0.717, 1.165) is 16.3 Å². The lowest BCUT2D eigenvalue weighted by Crippen LogP contribution is -2.38. The molecule has 7 heteroatoms. The minimum absolute atomic E-state index is 0.0189. The average molecular weight is 523 g/mol. The van der Waals surface area contributed by atoms with Crippen LogP contribution in [0.4, 0.5) is 4.79 Å². The summed E-state index contributed by atoms with van der Waals surface area (Å²) in [6.45, 7) is 8.37. The third-order valence-electron chi connectivity index (χ3n) is 7.21. The van der Waals surface area contributed by atoms with Crippen molar-refractivity contribution in [3.63, 3.8) is 0 Å². The number of carbonyl (C=O) groups is 1. The van der Waals surface area contributed by atoms with Gasteiger partial charge in [-0.05, 0) is 73.9 Å². The number of rotatable bonds is 8. The number of likely N-dealkylation sites (tertiary alicyclic amines) is 1. The minimum atomic E-state index is -0.0189. The highest BCUT2D eigenvalue weighted by molar-refractivity contribution is 7.99. The number of hydrogen-bond donors (Lipinski definition) is 1. The molecule has 2 unspecified atom stereocenters. The molecule has 0 radical (unpaired) electrons. The molecule has 2 aliphatic rings.